The number of hydrogen-bond acceptors (Lipinski definition) is 4. The molecule has 1 aliphatic rings. The lowest BCUT2D eigenvalue weighted by Gasteiger charge is -2.29. The van der Waals surface area contributed by atoms with Crippen molar-refractivity contribution >= 4 is 29.3 Å². The summed E-state index contributed by atoms with van der Waals surface area (Å²) in [7, 11) is 0. The summed E-state index contributed by atoms with van der Waals surface area (Å²) in [5.74, 6) is -0.290. The number of likely N-dealkylation sites (tertiary alicyclic amines) is 1. The number of piperidine rings is 1. The summed E-state index contributed by atoms with van der Waals surface area (Å²) in [6, 6.07) is 7.79. The second kappa shape index (κ2) is 7.47. The fourth-order valence-corrected chi connectivity index (χ4v) is 2.94. The van der Waals surface area contributed by atoms with Gasteiger partial charge in [0.25, 0.3) is 0 Å². The summed E-state index contributed by atoms with van der Waals surface area (Å²) in [4.78, 5) is 26.3. The average Bonchev–Trinajstić information content (AvgIpc) is 2.47. The second-order valence-electron chi connectivity index (χ2n) is 5.23. The van der Waals surface area contributed by atoms with Gasteiger partial charge in [0.15, 0.2) is 0 Å². The number of carbonyl (C=O) groups is 2. The summed E-state index contributed by atoms with van der Waals surface area (Å²) >= 11 is 1.64. The molecule has 1 aromatic carbocycles. The predicted octanol–water partition coefficient (Wildman–Crippen LogP) is 1.54. The smallest absolute Gasteiger partial charge is 0.238 e. The van der Waals surface area contributed by atoms with Crippen molar-refractivity contribution in [1.29, 1.82) is 0 Å². The van der Waals surface area contributed by atoms with Gasteiger partial charge in [-0.25, -0.2) is 0 Å². The van der Waals surface area contributed by atoms with E-state index in [9.17, 15) is 9.59 Å². The third-order valence-electron chi connectivity index (χ3n) is 3.71. The van der Waals surface area contributed by atoms with Crippen molar-refractivity contribution in [3.05, 3.63) is 24.3 Å². The van der Waals surface area contributed by atoms with Gasteiger partial charge in [0.1, 0.15) is 0 Å². The number of amides is 2. The molecule has 0 radical (unpaired) electrons. The van der Waals surface area contributed by atoms with Crippen LogP contribution in [0.25, 0.3) is 0 Å². The Bertz CT molecular complexity index is 513. The number of primary amides is 1. The summed E-state index contributed by atoms with van der Waals surface area (Å²) < 4.78 is 0. The van der Waals surface area contributed by atoms with Crippen LogP contribution < -0.4 is 11.1 Å². The number of rotatable bonds is 5. The van der Waals surface area contributed by atoms with Gasteiger partial charge in [-0.1, -0.05) is 6.07 Å². The summed E-state index contributed by atoms with van der Waals surface area (Å²) in [6.07, 6.45) is 3.49. The van der Waals surface area contributed by atoms with E-state index < -0.39 is 0 Å². The van der Waals surface area contributed by atoms with Crippen LogP contribution in [0.2, 0.25) is 0 Å². The minimum absolute atomic E-state index is 0.0224. The van der Waals surface area contributed by atoms with Gasteiger partial charge >= 0.3 is 0 Å². The highest BCUT2D eigenvalue weighted by molar-refractivity contribution is 7.98. The van der Waals surface area contributed by atoms with Crippen molar-refractivity contribution in [2.75, 3.05) is 31.2 Å². The van der Waals surface area contributed by atoms with Crippen molar-refractivity contribution < 1.29 is 9.59 Å². The molecule has 0 saturated carbocycles. The second-order valence-corrected chi connectivity index (χ2v) is 6.11. The molecule has 0 atom stereocenters. The molecule has 1 aliphatic heterocycles. The highest BCUT2D eigenvalue weighted by Crippen LogP contribution is 2.19. The Balaban J connectivity index is 1.81. The maximum atomic E-state index is 12.0. The third-order valence-corrected chi connectivity index (χ3v) is 4.44. The Morgan fingerprint density at radius 1 is 1.38 bits per heavy atom. The maximum Gasteiger partial charge on any atom is 0.238 e. The van der Waals surface area contributed by atoms with Crippen LogP contribution in [0, 0.1) is 5.92 Å². The van der Waals surface area contributed by atoms with E-state index in [-0.39, 0.29) is 17.7 Å². The number of nitrogens with two attached hydrogens (primary N) is 1. The average molecular weight is 307 g/mol. The molecule has 0 spiro atoms. The minimum Gasteiger partial charge on any atom is -0.369 e. The van der Waals surface area contributed by atoms with Gasteiger partial charge in [-0.05, 0) is 50.4 Å². The van der Waals surface area contributed by atoms with Crippen molar-refractivity contribution in [2.24, 2.45) is 11.7 Å². The van der Waals surface area contributed by atoms with Crippen molar-refractivity contribution in [3.63, 3.8) is 0 Å². The van der Waals surface area contributed by atoms with Gasteiger partial charge in [0, 0.05) is 16.5 Å². The Hall–Kier alpha value is -1.53. The van der Waals surface area contributed by atoms with Gasteiger partial charge < -0.3 is 11.1 Å². The molecule has 0 aromatic heterocycles. The predicted molar refractivity (Wildman–Crippen MR) is 85.2 cm³/mol. The molecule has 5 nitrogen and oxygen atoms in total. The highest BCUT2D eigenvalue weighted by Gasteiger charge is 2.24. The van der Waals surface area contributed by atoms with E-state index in [1.807, 2.05) is 30.5 Å². The molecule has 1 aromatic rings. The van der Waals surface area contributed by atoms with Gasteiger partial charge in [-0.3, -0.25) is 14.5 Å². The molecule has 0 bridgehead atoms. The van der Waals surface area contributed by atoms with Gasteiger partial charge in [0.05, 0.1) is 6.54 Å². The number of anilines is 1. The molecule has 114 valence electrons. The van der Waals surface area contributed by atoms with E-state index in [2.05, 4.69) is 10.2 Å². The van der Waals surface area contributed by atoms with Crippen LogP contribution >= 0.6 is 11.8 Å². The molecular formula is C15H21N3O2S. The molecule has 2 amide bonds. The first-order valence-corrected chi connectivity index (χ1v) is 8.26. The van der Waals surface area contributed by atoms with Crippen LogP contribution in [0.15, 0.2) is 29.2 Å². The lowest BCUT2D eigenvalue weighted by molar-refractivity contribution is -0.123. The summed E-state index contributed by atoms with van der Waals surface area (Å²) in [5, 5.41) is 2.91. The quantitative estimate of drug-likeness (QED) is 0.809. The number of carbonyl (C=O) groups excluding carboxylic acids is 2. The number of nitrogens with zero attached hydrogens (tertiary/aromatic N) is 1. The Kier molecular flexibility index (Phi) is 5.64. The van der Waals surface area contributed by atoms with Crippen molar-refractivity contribution in [3.8, 4) is 0 Å². The molecule has 21 heavy (non-hydrogen) atoms. The van der Waals surface area contributed by atoms with Crippen LogP contribution in [0.3, 0.4) is 0 Å². The lowest BCUT2D eigenvalue weighted by atomic mass is 9.96. The number of hydrogen-bond donors (Lipinski definition) is 2. The monoisotopic (exact) mass is 307 g/mol. The third kappa shape index (κ3) is 4.75. The zero-order valence-corrected chi connectivity index (χ0v) is 13.0. The first-order valence-electron chi connectivity index (χ1n) is 7.04. The summed E-state index contributed by atoms with van der Waals surface area (Å²) in [5.41, 5.74) is 6.12. The van der Waals surface area contributed by atoms with E-state index in [0.717, 1.165) is 36.5 Å². The van der Waals surface area contributed by atoms with Crippen LogP contribution in [-0.2, 0) is 9.59 Å². The first-order chi connectivity index (χ1) is 10.1. The first kappa shape index (κ1) is 15.9. The number of thioether (sulfide) groups is 1. The Labute approximate surface area is 129 Å². The molecule has 2 rings (SSSR count). The Morgan fingerprint density at radius 2 is 2.10 bits per heavy atom. The molecule has 3 N–H and O–H groups in total. The molecule has 6 heteroatoms. The normalized spacial score (nSPS) is 16.6. The van der Waals surface area contributed by atoms with Crippen LogP contribution in [0.4, 0.5) is 5.69 Å². The van der Waals surface area contributed by atoms with Gasteiger partial charge in [-0.15, -0.1) is 11.8 Å². The molecule has 1 heterocycles. The maximum absolute atomic E-state index is 12.0. The van der Waals surface area contributed by atoms with E-state index >= 15 is 0 Å². The zero-order valence-electron chi connectivity index (χ0n) is 12.2. The number of nitrogens with one attached hydrogen (secondary N) is 1. The molecule has 1 saturated heterocycles. The topological polar surface area (TPSA) is 75.4 Å². The van der Waals surface area contributed by atoms with Gasteiger partial charge in [0.2, 0.25) is 11.8 Å². The van der Waals surface area contributed by atoms with E-state index in [1.165, 1.54) is 0 Å². The Morgan fingerprint density at radius 3 is 2.71 bits per heavy atom. The zero-order chi connectivity index (χ0) is 15.2. The van der Waals surface area contributed by atoms with Gasteiger partial charge in [-0.2, -0.15) is 0 Å². The molecule has 0 aliphatic carbocycles. The standard InChI is InChI=1S/C15H21N3O2S/c1-21-13-4-2-3-12(9-13)17-14(19)10-18-7-5-11(6-8-18)15(16)20/h2-4,9,11H,5-8,10H2,1H3,(H2,16,20)(H,17,19). The SMILES string of the molecule is CSc1cccc(NC(=O)CN2CCC(C(N)=O)CC2)c1. The fraction of sp³-hybridized carbons (Fsp3) is 0.467. The minimum atomic E-state index is -0.229. The van der Waals surface area contributed by atoms with E-state index in [4.69, 9.17) is 5.73 Å². The van der Waals surface area contributed by atoms with Crippen LogP contribution in [-0.4, -0.2) is 42.6 Å². The van der Waals surface area contributed by atoms with E-state index in [0.29, 0.717) is 6.54 Å². The molecule has 0 unspecified atom stereocenters. The summed E-state index contributed by atoms with van der Waals surface area (Å²) in [6.45, 7) is 1.84. The van der Waals surface area contributed by atoms with Crippen LogP contribution in [0.5, 0.6) is 0 Å². The van der Waals surface area contributed by atoms with Crippen molar-refractivity contribution in [2.45, 2.75) is 17.7 Å². The highest BCUT2D eigenvalue weighted by atomic mass is 32.2. The largest absolute Gasteiger partial charge is 0.369 e. The fourth-order valence-electron chi connectivity index (χ4n) is 2.48. The van der Waals surface area contributed by atoms with E-state index in [1.54, 1.807) is 11.8 Å². The number of benzene rings is 1. The lowest BCUT2D eigenvalue weighted by Crippen LogP contribution is -2.42. The molecular weight excluding hydrogens is 286 g/mol. The molecule has 1 fully saturated rings. The van der Waals surface area contributed by atoms with Crippen LogP contribution in [0.1, 0.15) is 12.8 Å². The van der Waals surface area contributed by atoms with Crippen molar-refractivity contribution in [1.82, 2.24) is 4.90 Å².